The fourth-order valence-corrected chi connectivity index (χ4v) is 1.90. The minimum absolute atomic E-state index is 0.0268. The standard InChI is InChI=1S/C13H12ClN3O2/c1-9(12-4-2-3-7-15-12)16-13-6-5-10(17(18)19)8-11(13)14/h2-9,16H,1H3/t9-/m1/s1. The lowest BCUT2D eigenvalue weighted by Gasteiger charge is -2.15. The van der Waals surface area contributed by atoms with E-state index in [2.05, 4.69) is 10.3 Å². The topological polar surface area (TPSA) is 68.1 Å². The molecule has 5 nitrogen and oxygen atoms in total. The Kier molecular flexibility index (Phi) is 3.97. The first-order valence-corrected chi connectivity index (χ1v) is 6.07. The van der Waals surface area contributed by atoms with E-state index in [0.717, 1.165) is 5.69 Å². The molecule has 0 fully saturated rings. The van der Waals surface area contributed by atoms with Gasteiger partial charge in [0.2, 0.25) is 0 Å². The maximum Gasteiger partial charge on any atom is 0.271 e. The van der Waals surface area contributed by atoms with E-state index in [1.54, 1.807) is 12.3 Å². The molecule has 0 saturated heterocycles. The van der Waals surface area contributed by atoms with Crippen LogP contribution in [0.25, 0.3) is 0 Å². The smallest absolute Gasteiger partial charge is 0.271 e. The van der Waals surface area contributed by atoms with Crippen molar-refractivity contribution in [1.29, 1.82) is 0 Å². The molecule has 0 aliphatic carbocycles. The second-order valence-electron chi connectivity index (χ2n) is 4.04. The van der Waals surface area contributed by atoms with Gasteiger partial charge in [-0.25, -0.2) is 0 Å². The molecule has 0 saturated carbocycles. The maximum atomic E-state index is 10.6. The van der Waals surface area contributed by atoms with Gasteiger partial charge in [0.15, 0.2) is 0 Å². The molecule has 0 spiro atoms. The number of non-ortho nitro benzene ring substituents is 1. The van der Waals surface area contributed by atoms with E-state index in [-0.39, 0.29) is 11.7 Å². The van der Waals surface area contributed by atoms with E-state index in [0.29, 0.717) is 10.7 Å². The molecule has 1 N–H and O–H groups in total. The molecule has 1 aromatic heterocycles. The van der Waals surface area contributed by atoms with E-state index in [9.17, 15) is 10.1 Å². The highest BCUT2D eigenvalue weighted by Gasteiger charge is 2.12. The van der Waals surface area contributed by atoms with Crippen molar-refractivity contribution in [2.45, 2.75) is 13.0 Å². The molecule has 2 aromatic rings. The van der Waals surface area contributed by atoms with Gasteiger partial charge in [-0.05, 0) is 25.1 Å². The van der Waals surface area contributed by atoms with E-state index in [4.69, 9.17) is 11.6 Å². The summed E-state index contributed by atoms with van der Waals surface area (Å²) in [6, 6.07) is 9.94. The predicted octanol–water partition coefficient (Wildman–Crippen LogP) is 3.82. The molecule has 98 valence electrons. The van der Waals surface area contributed by atoms with Crippen molar-refractivity contribution < 1.29 is 4.92 Å². The summed E-state index contributed by atoms with van der Waals surface area (Å²) in [6.45, 7) is 1.94. The van der Waals surface area contributed by atoms with Gasteiger partial charge in [-0.3, -0.25) is 15.1 Å². The van der Waals surface area contributed by atoms with Crippen molar-refractivity contribution in [3.05, 3.63) is 63.4 Å². The van der Waals surface area contributed by atoms with Crippen LogP contribution in [0.15, 0.2) is 42.6 Å². The number of nitrogens with zero attached hydrogens (tertiary/aromatic N) is 2. The number of benzene rings is 1. The molecular formula is C13H12ClN3O2. The Balaban J connectivity index is 2.18. The second kappa shape index (κ2) is 5.67. The van der Waals surface area contributed by atoms with Crippen LogP contribution >= 0.6 is 11.6 Å². The molecule has 0 bridgehead atoms. The molecule has 6 heteroatoms. The molecule has 0 amide bonds. The molecular weight excluding hydrogens is 266 g/mol. The first kappa shape index (κ1) is 13.3. The van der Waals surface area contributed by atoms with Crippen molar-refractivity contribution >= 4 is 23.0 Å². The fraction of sp³-hybridized carbons (Fsp3) is 0.154. The summed E-state index contributed by atoms with van der Waals surface area (Å²) in [4.78, 5) is 14.4. The molecule has 0 unspecified atom stereocenters. The maximum absolute atomic E-state index is 10.6. The summed E-state index contributed by atoms with van der Waals surface area (Å²) in [7, 11) is 0. The number of anilines is 1. The molecule has 1 aromatic carbocycles. The van der Waals surface area contributed by atoms with Gasteiger partial charge in [-0.2, -0.15) is 0 Å². The van der Waals surface area contributed by atoms with Gasteiger partial charge in [-0.15, -0.1) is 0 Å². The number of aromatic nitrogens is 1. The Hall–Kier alpha value is -2.14. The third-order valence-corrected chi connectivity index (χ3v) is 2.98. The normalized spacial score (nSPS) is 11.9. The summed E-state index contributed by atoms with van der Waals surface area (Å²) < 4.78 is 0. The first-order chi connectivity index (χ1) is 9.08. The number of rotatable bonds is 4. The molecule has 0 aliphatic heterocycles. The minimum atomic E-state index is -0.474. The number of nitro groups is 1. The second-order valence-corrected chi connectivity index (χ2v) is 4.45. The third-order valence-electron chi connectivity index (χ3n) is 2.67. The van der Waals surface area contributed by atoms with Crippen molar-refractivity contribution in [3.8, 4) is 0 Å². The van der Waals surface area contributed by atoms with Crippen LogP contribution in [-0.4, -0.2) is 9.91 Å². The van der Waals surface area contributed by atoms with E-state index in [1.165, 1.54) is 12.1 Å². The minimum Gasteiger partial charge on any atom is -0.376 e. The van der Waals surface area contributed by atoms with Crippen molar-refractivity contribution in [2.24, 2.45) is 0 Å². The van der Waals surface area contributed by atoms with Crippen LogP contribution in [0, 0.1) is 10.1 Å². The SMILES string of the molecule is C[C@@H](Nc1ccc([N+](=O)[O-])cc1Cl)c1ccccn1. The lowest BCUT2D eigenvalue weighted by molar-refractivity contribution is -0.384. The van der Waals surface area contributed by atoms with Gasteiger partial charge >= 0.3 is 0 Å². The molecule has 1 heterocycles. The number of nitrogens with one attached hydrogen (secondary N) is 1. The van der Waals surface area contributed by atoms with Gasteiger partial charge in [0.05, 0.1) is 27.4 Å². The zero-order chi connectivity index (χ0) is 13.8. The predicted molar refractivity (Wildman–Crippen MR) is 74.4 cm³/mol. The summed E-state index contributed by atoms with van der Waals surface area (Å²) in [6.07, 6.45) is 1.71. The summed E-state index contributed by atoms with van der Waals surface area (Å²) in [5, 5.41) is 14.1. The monoisotopic (exact) mass is 277 g/mol. The number of pyridine rings is 1. The number of nitro benzene ring substituents is 1. The van der Waals surface area contributed by atoms with Gasteiger partial charge < -0.3 is 5.32 Å². The van der Waals surface area contributed by atoms with Crippen LogP contribution in [0.1, 0.15) is 18.7 Å². The van der Waals surface area contributed by atoms with Crippen LogP contribution in [0.2, 0.25) is 5.02 Å². The molecule has 0 aliphatic rings. The van der Waals surface area contributed by atoms with E-state index < -0.39 is 4.92 Å². The average Bonchev–Trinajstić information content (AvgIpc) is 2.41. The van der Waals surface area contributed by atoms with Gasteiger partial charge in [0.1, 0.15) is 0 Å². The zero-order valence-corrected chi connectivity index (χ0v) is 11.0. The Morgan fingerprint density at radius 3 is 2.74 bits per heavy atom. The summed E-state index contributed by atoms with van der Waals surface area (Å²) in [5.74, 6) is 0. The van der Waals surface area contributed by atoms with Crippen molar-refractivity contribution in [3.63, 3.8) is 0 Å². The van der Waals surface area contributed by atoms with E-state index in [1.807, 2.05) is 25.1 Å². The number of hydrogen-bond donors (Lipinski definition) is 1. The fourth-order valence-electron chi connectivity index (χ4n) is 1.67. The Bertz CT molecular complexity index is 590. The highest BCUT2D eigenvalue weighted by Crippen LogP contribution is 2.29. The molecule has 0 radical (unpaired) electrons. The Labute approximate surface area is 115 Å². The molecule has 1 atom stereocenters. The highest BCUT2D eigenvalue weighted by atomic mass is 35.5. The van der Waals surface area contributed by atoms with Crippen LogP contribution in [0.5, 0.6) is 0 Å². The molecule has 19 heavy (non-hydrogen) atoms. The molecule has 2 rings (SSSR count). The van der Waals surface area contributed by atoms with E-state index >= 15 is 0 Å². The van der Waals surface area contributed by atoms with Crippen LogP contribution < -0.4 is 5.32 Å². The van der Waals surface area contributed by atoms with Crippen LogP contribution in [0.4, 0.5) is 11.4 Å². The van der Waals surface area contributed by atoms with Crippen molar-refractivity contribution in [2.75, 3.05) is 5.32 Å². The van der Waals surface area contributed by atoms with Gasteiger partial charge in [0, 0.05) is 18.3 Å². The van der Waals surface area contributed by atoms with Gasteiger partial charge in [0.25, 0.3) is 5.69 Å². The van der Waals surface area contributed by atoms with Gasteiger partial charge in [-0.1, -0.05) is 17.7 Å². The first-order valence-electron chi connectivity index (χ1n) is 5.69. The zero-order valence-electron chi connectivity index (χ0n) is 10.2. The third kappa shape index (κ3) is 3.20. The Morgan fingerprint density at radius 2 is 2.16 bits per heavy atom. The van der Waals surface area contributed by atoms with Crippen LogP contribution in [0.3, 0.4) is 0 Å². The largest absolute Gasteiger partial charge is 0.376 e. The average molecular weight is 278 g/mol. The Morgan fingerprint density at radius 1 is 1.37 bits per heavy atom. The highest BCUT2D eigenvalue weighted by molar-refractivity contribution is 6.33. The lowest BCUT2D eigenvalue weighted by atomic mass is 10.2. The summed E-state index contributed by atoms with van der Waals surface area (Å²) >= 11 is 6.02. The summed E-state index contributed by atoms with van der Waals surface area (Å²) in [5.41, 5.74) is 1.49. The quantitative estimate of drug-likeness (QED) is 0.681. The number of hydrogen-bond acceptors (Lipinski definition) is 4. The van der Waals surface area contributed by atoms with Crippen LogP contribution in [-0.2, 0) is 0 Å². The lowest BCUT2D eigenvalue weighted by Crippen LogP contribution is -2.08. The number of halogens is 1. The van der Waals surface area contributed by atoms with Crippen molar-refractivity contribution in [1.82, 2.24) is 4.98 Å².